The van der Waals surface area contributed by atoms with Gasteiger partial charge in [-0.25, -0.2) is 9.59 Å². The highest BCUT2D eigenvalue weighted by Gasteiger charge is 2.64. The molecule has 6 unspecified atom stereocenters. The van der Waals surface area contributed by atoms with Gasteiger partial charge in [0, 0.05) is 35.4 Å². The predicted molar refractivity (Wildman–Crippen MR) is 244 cm³/mol. The zero-order chi connectivity index (χ0) is 47.8. The third-order valence-corrected chi connectivity index (χ3v) is 17.4. The van der Waals surface area contributed by atoms with E-state index in [1.165, 1.54) is 43.2 Å². The minimum absolute atomic E-state index is 0.00747. The van der Waals surface area contributed by atoms with Crippen molar-refractivity contribution in [1.29, 1.82) is 0 Å². The van der Waals surface area contributed by atoms with E-state index in [4.69, 9.17) is 25.4 Å². The molecule has 0 spiro atoms. The van der Waals surface area contributed by atoms with Crippen molar-refractivity contribution in [3.05, 3.63) is 47.5 Å². The van der Waals surface area contributed by atoms with E-state index in [1.54, 1.807) is 22.8 Å². The number of carbonyl (C=O) groups is 5. The number of aryl methyl sites for hydroxylation is 1. The van der Waals surface area contributed by atoms with Gasteiger partial charge < -0.3 is 45.4 Å². The number of aromatic hydroxyl groups is 4. The number of likely N-dealkylation sites (tertiary alicyclic amines) is 2. The van der Waals surface area contributed by atoms with Crippen molar-refractivity contribution >= 4 is 30.0 Å². The van der Waals surface area contributed by atoms with Crippen molar-refractivity contribution in [1.82, 2.24) is 9.80 Å². The Hall–Kier alpha value is -4.85. The van der Waals surface area contributed by atoms with Gasteiger partial charge >= 0.3 is 11.9 Å². The molecule has 6 N–H and O–H groups in total. The molecule has 6 fully saturated rings. The first-order valence-corrected chi connectivity index (χ1v) is 23.7. The number of benzene rings is 2. The molecule has 8 rings (SSSR count). The summed E-state index contributed by atoms with van der Waals surface area (Å²) in [5.41, 5.74) is 7.39. The fourth-order valence-electron chi connectivity index (χ4n) is 12.0. The van der Waals surface area contributed by atoms with Gasteiger partial charge in [0.15, 0.2) is 23.0 Å². The lowest BCUT2D eigenvalue weighted by Gasteiger charge is -2.39. The first-order chi connectivity index (χ1) is 30.5. The summed E-state index contributed by atoms with van der Waals surface area (Å²) in [4.78, 5) is 64.6. The number of hydrogen-bond donors (Lipinski definition) is 5. The molecular formula is C51H73N3O11. The molecular weight excluding hydrogens is 831 g/mol. The lowest BCUT2D eigenvalue weighted by atomic mass is 9.70. The molecule has 2 amide bonds. The van der Waals surface area contributed by atoms with Crippen LogP contribution in [0, 0.1) is 39.4 Å². The SMILES string of the molecule is C[C@H](CCc1ccc(O)c(O)c1)C(=O)N1CCC[C@H]1C(=O)OC1CC2CCC1(C)C2(C)C.C[C@H](N)C(=O)N1CCC[C@H]1C(=O)OC1CC2CCC1(C)C2(C)C.O=Cc1ccc(O)c(O)c1. The van der Waals surface area contributed by atoms with Gasteiger partial charge in [-0.1, -0.05) is 54.5 Å². The van der Waals surface area contributed by atoms with Crippen LogP contribution >= 0.6 is 0 Å². The lowest BCUT2D eigenvalue weighted by Crippen LogP contribution is -2.49. The molecule has 0 aromatic heterocycles. The van der Waals surface area contributed by atoms with Crippen LogP contribution in [0.15, 0.2) is 36.4 Å². The van der Waals surface area contributed by atoms with Crippen molar-refractivity contribution in [3.8, 4) is 23.0 Å². The number of fused-ring (bicyclic) bond motifs is 4. The molecule has 65 heavy (non-hydrogen) atoms. The third-order valence-electron chi connectivity index (χ3n) is 17.4. The van der Waals surface area contributed by atoms with Crippen molar-refractivity contribution in [3.63, 3.8) is 0 Å². The molecule has 6 aliphatic rings. The van der Waals surface area contributed by atoms with Crippen molar-refractivity contribution in [2.45, 2.75) is 163 Å². The molecule has 2 aromatic carbocycles. The number of esters is 2. The largest absolute Gasteiger partial charge is 0.504 e. The monoisotopic (exact) mass is 904 g/mol. The number of hydrogen-bond acceptors (Lipinski definition) is 12. The maximum atomic E-state index is 13.2. The van der Waals surface area contributed by atoms with E-state index in [-0.39, 0.29) is 86.5 Å². The second kappa shape index (κ2) is 19.2. The van der Waals surface area contributed by atoms with Gasteiger partial charge in [0.25, 0.3) is 0 Å². The molecule has 2 heterocycles. The standard InChI is InChI=1S/C26H37NO5.C18H30N2O3.C7H6O3/c1-16(7-8-17-9-10-20(28)21(29)14-17)23(30)27-13-5-6-19(27)24(31)32-22-15-18-11-12-26(22,4)25(18,2)3;1-11(19)15(21)20-9-5-6-13(20)16(22)23-14-10-12-7-8-18(14,4)17(12,2)3;8-4-5-1-2-6(9)7(10)3-5/h9-10,14,16,18-19,22,28-29H,5-8,11-13,15H2,1-4H3;11-14H,5-10,19H2,1-4H3;1-4,9-10H/t16-,18?,19+,22?,26?;11-,12?,13-,14?,18?;/m10./s1. The number of amides is 2. The van der Waals surface area contributed by atoms with Crippen LogP contribution < -0.4 is 5.73 Å². The number of nitrogens with zero attached hydrogens (tertiary/aromatic N) is 2. The van der Waals surface area contributed by atoms with Gasteiger partial charge in [-0.3, -0.25) is 14.4 Å². The molecule has 4 bridgehead atoms. The third kappa shape index (κ3) is 9.56. The van der Waals surface area contributed by atoms with Gasteiger partial charge in [0.2, 0.25) is 11.8 Å². The number of nitrogens with two attached hydrogens (primary N) is 1. The Morgan fingerprint density at radius 1 is 0.692 bits per heavy atom. The Morgan fingerprint density at radius 2 is 1.15 bits per heavy atom. The zero-order valence-corrected chi connectivity index (χ0v) is 39.7. The number of carbonyl (C=O) groups excluding carboxylic acids is 5. The number of phenolic OH excluding ortho intramolecular Hbond substituents is 4. The van der Waals surface area contributed by atoms with E-state index >= 15 is 0 Å². The fraction of sp³-hybridized carbons (Fsp3) is 0.667. The summed E-state index contributed by atoms with van der Waals surface area (Å²) in [5, 5.41) is 36.7. The van der Waals surface area contributed by atoms with E-state index < -0.39 is 18.1 Å². The van der Waals surface area contributed by atoms with Gasteiger partial charge in [-0.2, -0.15) is 0 Å². The van der Waals surface area contributed by atoms with Crippen LogP contribution in [0.5, 0.6) is 23.0 Å². The summed E-state index contributed by atoms with van der Waals surface area (Å²) in [7, 11) is 0. The van der Waals surface area contributed by atoms with Crippen LogP contribution in [0.2, 0.25) is 0 Å². The van der Waals surface area contributed by atoms with Crippen LogP contribution in [0.3, 0.4) is 0 Å². The molecule has 14 nitrogen and oxygen atoms in total. The first kappa shape index (κ1) is 49.6. The molecule has 4 saturated carbocycles. The van der Waals surface area contributed by atoms with Crippen LogP contribution in [0.25, 0.3) is 0 Å². The van der Waals surface area contributed by atoms with Crippen LogP contribution in [0.1, 0.15) is 142 Å². The second-order valence-corrected chi connectivity index (χ2v) is 21.4. The maximum absolute atomic E-state index is 13.2. The van der Waals surface area contributed by atoms with Gasteiger partial charge in [0.05, 0.1) is 6.04 Å². The Balaban J connectivity index is 0.000000184. The summed E-state index contributed by atoms with van der Waals surface area (Å²) in [5.74, 6) is -0.413. The second-order valence-electron chi connectivity index (χ2n) is 21.4. The van der Waals surface area contributed by atoms with Gasteiger partial charge in [0.1, 0.15) is 30.6 Å². The Morgan fingerprint density at radius 3 is 1.55 bits per heavy atom. The van der Waals surface area contributed by atoms with E-state index in [0.717, 1.165) is 44.1 Å². The van der Waals surface area contributed by atoms with E-state index in [1.807, 2.05) is 6.92 Å². The van der Waals surface area contributed by atoms with E-state index in [0.29, 0.717) is 62.5 Å². The molecule has 2 saturated heterocycles. The molecule has 14 heteroatoms. The molecule has 0 radical (unpaired) electrons. The van der Waals surface area contributed by atoms with Crippen molar-refractivity contribution < 1.29 is 53.9 Å². The van der Waals surface area contributed by atoms with Gasteiger partial charge in [-0.15, -0.1) is 0 Å². The highest BCUT2D eigenvalue weighted by atomic mass is 16.6. The minimum Gasteiger partial charge on any atom is -0.504 e. The van der Waals surface area contributed by atoms with E-state index in [9.17, 15) is 34.2 Å². The molecule has 2 aliphatic heterocycles. The summed E-state index contributed by atoms with van der Waals surface area (Å²) >= 11 is 0. The van der Waals surface area contributed by atoms with E-state index in [2.05, 4.69) is 41.5 Å². The molecule has 10 atom stereocenters. The number of rotatable bonds is 10. The lowest BCUT2D eigenvalue weighted by molar-refractivity contribution is -0.165. The predicted octanol–water partition coefficient (Wildman–Crippen LogP) is 7.41. The summed E-state index contributed by atoms with van der Waals surface area (Å²) in [6.07, 6.45) is 11.3. The minimum atomic E-state index is -0.567. The van der Waals surface area contributed by atoms with Crippen LogP contribution in [-0.2, 0) is 35.1 Å². The molecule has 358 valence electrons. The summed E-state index contributed by atoms with van der Waals surface area (Å²) < 4.78 is 12.1. The summed E-state index contributed by atoms with van der Waals surface area (Å²) in [6.45, 7) is 18.5. The van der Waals surface area contributed by atoms with Gasteiger partial charge in [-0.05, 0) is 143 Å². The van der Waals surface area contributed by atoms with Crippen molar-refractivity contribution in [2.75, 3.05) is 13.1 Å². The zero-order valence-electron chi connectivity index (χ0n) is 39.7. The molecule has 4 aliphatic carbocycles. The fourth-order valence-corrected chi connectivity index (χ4v) is 12.0. The van der Waals surface area contributed by atoms with Crippen molar-refractivity contribution in [2.24, 2.45) is 45.1 Å². The first-order valence-electron chi connectivity index (χ1n) is 23.7. The molecule has 2 aromatic rings. The number of ether oxygens (including phenoxy) is 2. The Kier molecular flexibility index (Phi) is 14.6. The number of aldehydes is 1. The topological polar surface area (TPSA) is 217 Å². The Labute approximate surface area is 384 Å². The highest BCUT2D eigenvalue weighted by molar-refractivity contribution is 5.88. The van der Waals surface area contributed by atoms with Crippen LogP contribution in [-0.4, -0.2) is 104 Å². The number of phenols is 4. The average Bonchev–Trinajstić information content (AvgIpc) is 4.10. The smallest absolute Gasteiger partial charge is 0.329 e. The van der Waals surface area contributed by atoms with Crippen LogP contribution in [0.4, 0.5) is 0 Å². The Bertz CT molecular complexity index is 2100. The normalized spacial score (nSPS) is 31.0. The highest BCUT2D eigenvalue weighted by Crippen LogP contribution is 2.67. The summed E-state index contributed by atoms with van der Waals surface area (Å²) in [6, 6.07) is 7.12. The maximum Gasteiger partial charge on any atom is 0.329 e. The average molecular weight is 904 g/mol. The quantitative estimate of drug-likeness (QED) is 0.0895.